The number of hydrogen-bond donors (Lipinski definition) is 2. The summed E-state index contributed by atoms with van der Waals surface area (Å²) in [5.74, 6) is 0.212. The number of nitrogens with one attached hydrogen (secondary N) is 2. The van der Waals surface area contributed by atoms with E-state index in [2.05, 4.69) is 25.7 Å². The monoisotopic (exact) mass is 269 g/mol. The highest BCUT2D eigenvalue weighted by molar-refractivity contribution is 5.85. The molecule has 2 aromatic rings. The minimum Gasteiger partial charge on any atom is -0.288 e. The lowest BCUT2D eigenvalue weighted by Crippen LogP contribution is -2.15. The van der Waals surface area contributed by atoms with Gasteiger partial charge in [-0.2, -0.15) is 5.10 Å². The van der Waals surface area contributed by atoms with Crippen LogP contribution in [0.5, 0.6) is 0 Å². The number of nitrogens with zero attached hydrogens (tertiary/aromatic N) is 3. The highest BCUT2D eigenvalue weighted by Crippen LogP contribution is 2.04. The van der Waals surface area contributed by atoms with Gasteiger partial charge in [0, 0.05) is 0 Å². The topological polar surface area (TPSA) is 83.0 Å². The predicted molar refractivity (Wildman–Crippen MR) is 79.6 cm³/mol. The van der Waals surface area contributed by atoms with Crippen molar-refractivity contribution in [3.63, 3.8) is 0 Å². The van der Waals surface area contributed by atoms with Gasteiger partial charge >= 0.3 is 0 Å². The summed E-state index contributed by atoms with van der Waals surface area (Å²) in [6.45, 7) is 3.52. The molecule has 0 saturated carbocycles. The smallest absolute Gasteiger partial charge is 0.274 e. The van der Waals surface area contributed by atoms with Crippen LogP contribution in [-0.4, -0.2) is 21.4 Å². The molecule has 102 valence electrons. The normalized spacial score (nSPS) is 11.8. The lowest BCUT2D eigenvalue weighted by Gasteiger charge is -1.98. The fourth-order valence-electron chi connectivity index (χ4n) is 1.49. The Labute approximate surface area is 116 Å². The first kappa shape index (κ1) is 13.7. The van der Waals surface area contributed by atoms with E-state index in [4.69, 9.17) is 0 Å². The molecule has 0 bridgehead atoms. The molecule has 0 aliphatic heterocycles. The molecule has 2 rings (SSSR count). The van der Waals surface area contributed by atoms with Crippen molar-refractivity contribution in [2.24, 2.45) is 5.10 Å². The lowest BCUT2D eigenvalue weighted by atomic mass is 10.1. The number of anilines is 1. The molecule has 0 aliphatic carbocycles. The maximum absolute atomic E-state index is 11.3. The summed E-state index contributed by atoms with van der Waals surface area (Å²) >= 11 is 0. The van der Waals surface area contributed by atoms with Crippen LogP contribution in [0.2, 0.25) is 0 Å². The van der Waals surface area contributed by atoms with E-state index in [0.29, 0.717) is 5.69 Å². The average Bonchev–Trinajstić information content (AvgIpc) is 2.44. The van der Waals surface area contributed by atoms with Crippen LogP contribution in [-0.2, 0) is 0 Å². The zero-order valence-electron chi connectivity index (χ0n) is 11.3. The van der Waals surface area contributed by atoms with Gasteiger partial charge in [0.1, 0.15) is 5.69 Å². The molecule has 0 amide bonds. The molecule has 0 spiro atoms. The first-order valence-corrected chi connectivity index (χ1v) is 6.11. The minimum absolute atomic E-state index is 0.212. The number of aromatic nitrogens is 3. The Morgan fingerprint density at radius 3 is 2.75 bits per heavy atom. The summed E-state index contributed by atoms with van der Waals surface area (Å²) in [4.78, 5) is 13.8. The molecule has 6 heteroatoms. The number of aromatic amines is 1. The highest BCUT2D eigenvalue weighted by Gasteiger charge is 1.97. The summed E-state index contributed by atoms with van der Waals surface area (Å²) in [7, 11) is 0. The number of aryl methyl sites for hydroxylation is 1. The molecule has 0 saturated heterocycles. The van der Waals surface area contributed by atoms with Gasteiger partial charge in [-0.15, -0.1) is 10.2 Å². The Morgan fingerprint density at radius 2 is 2.05 bits per heavy atom. The third-order valence-electron chi connectivity index (χ3n) is 2.49. The van der Waals surface area contributed by atoms with E-state index in [-0.39, 0.29) is 11.5 Å². The van der Waals surface area contributed by atoms with Crippen molar-refractivity contribution in [2.75, 3.05) is 5.43 Å². The van der Waals surface area contributed by atoms with Crippen molar-refractivity contribution in [1.29, 1.82) is 0 Å². The standard InChI is InChI=1S/C14H15N5O/c1-10(8-12-6-4-3-5-7-12)9-15-18-14-16-13(20)11(2)17-19-14/h3-9H,1-2H3,(H2,16,18,19,20)/b10-8+,15-9?. The number of H-pyrrole nitrogens is 1. The zero-order chi connectivity index (χ0) is 14.4. The maximum Gasteiger partial charge on any atom is 0.274 e. The Bertz CT molecular complexity index is 688. The van der Waals surface area contributed by atoms with Crippen LogP contribution in [0.25, 0.3) is 6.08 Å². The molecular formula is C14H15N5O. The predicted octanol–water partition coefficient (Wildman–Crippen LogP) is 1.97. The van der Waals surface area contributed by atoms with E-state index < -0.39 is 0 Å². The summed E-state index contributed by atoms with van der Waals surface area (Å²) in [6, 6.07) is 9.93. The molecule has 6 nitrogen and oxygen atoms in total. The van der Waals surface area contributed by atoms with E-state index in [9.17, 15) is 4.79 Å². The molecular weight excluding hydrogens is 254 g/mol. The summed E-state index contributed by atoms with van der Waals surface area (Å²) in [5, 5.41) is 11.5. The first-order valence-electron chi connectivity index (χ1n) is 6.11. The van der Waals surface area contributed by atoms with Gasteiger partial charge in [-0.3, -0.25) is 9.78 Å². The van der Waals surface area contributed by atoms with E-state index >= 15 is 0 Å². The molecule has 2 N–H and O–H groups in total. The number of benzene rings is 1. The fourth-order valence-corrected chi connectivity index (χ4v) is 1.49. The third kappa shape index (κ3) is 3.88. The van der Waals surface area contributed by atoms with Gasteiger partial charge in [-0.25, -0.2) is 5.43 Å². The molecule has 0 atom stereocenters. The first-order chi connectivity index (χ1) is 9.65. The number of hydrazone groups is 1. The van der Waals surface area contributed by atoms with E-state index in [1.807, 2.05) is 43.3 Å². The van der Waals surface area contributed by atoms with Crippen LogP contribution in [0, 0.1) is 6.92 Å². The number of rotatable bonds is 4. The second kappa shape index (κ2) is 6.42. The van der Waals surface area contributed by atoms with Crippen LogP contribution >= 0.6 is 0 Å². The molecule has 1 aromatic carbocycles. The summed E-state index contributed by atoms with van der Waals surface area (Å²) < 4.78 is 0. The van der Waals surface area contributed by atoms with Gasteiger partial charge in [-0.05, 0) is 25.0 Å². The molecule has 0 fully saturated rings. The largest absolute Gasteiger partial charge is 0.288 e. The minimum atomic E-state index is -0.283. The molecule has 1 aromatic heterocycles. The Balaban J connectivity index is 2.01. The van der Waals surface area contributed by atoms with Crippen molar-refractivity contribution in [3.8, 4) is 0 Å². The molecule has 0 aliphatic rings. The molecule has 1 heterocycles. The van der Waals surface area contributed by atoms with Gasteiger partial charge in [0.2, 0.25) is 5.95 Å². The van der Waals surface area contributed by atoms with Crippen LogP contribution in [0.1, 0.15) is 18.2 Å². The van der Waals surface area contributed by atoms with Gasteiger partial charge in [0.25, 0.3) is 5.56 Å². The van der Waals surface area contributed by atoms with Crippen LogP contribution in [0.4, 0.5) is 5.95 Å². The molecule has 0 unspecified atom stereocenters. The summed E-state index contributed by atoms with van der Waals surface area (Å²) in [6.07, 6.45) is 3.64. The van der Waals surface area contributed by atoms with Gasteiger partial charge in [-0.1, -0.05) is 36.4 Å². The fraction of sp³-hybridized carbons (Fsp3) is 0.143. The second-order valence-electron chi connectivity index (χ2n) is 4.26. The summed E-state index contributed by atoms with van der Waals surface area (Å²) in [5.41, 5.74) is 4.73. The zero-order valence-corrected chi connectivity index (χ0v) is 11.3. The highest BCUT2D eigenvalue weighted by atomic mass is 16.1. The van der Waals surface area contributed by atoms with Crippen LogP contribution in [0.15, 0.2) is 45.8 Å². The Kier molecular flexibility index (Phi) is 4.39. The van der Waals surface area contributed by atoms with Crippen molar-refractivity contribution in [2.45, 2.75) is 13.8 Å². The van der Waals surface area contributed by atoms with Crippen molar-refractivity contribution < 1.29 is 0 Å². The third-order valence-corrected chi connectivity index (χ3v) is 2.49. The van der Waals surface area contributed by atoms with Gasteiger partial charge < -0.3 is 0 Å². The Morgan fingerprint density at radius 1 is 1.30 bits per heavy atom. The van der Waals surface area contributed by atoms with Crippen molar-refractivity contribution in [1.82, 2.24) is 15.2 Å². The van der Waals surface area contributed by atoms with Crippen LogP contribution < -0.4 is 11.0 Å². The SMILES string of the molecule is C/C(C=NNc1nnc(C)c(=O)[nH]1)=C\c1ccccc1. The van der Waals surface area contributed by atoms with Crippen molar-refractivity contribution >= 4 is 18.2 Å². The molecule has 0 radical (unpaired) electrons. The average molecular weight is 269 g/mol. The van der Waals surface area contributed by atoms with Gasteiger partial charge in [0.05, 0.1) is 6.21 Å². The number of hydrogen-bond acceptors (Lipinski definition) is 5. The van der Waals surface area contributed by atoms with Crippen LogP contribution in [0.3, 0.4) is 0 Å². The number of allylic oxidation sites excluding steroid dienone is 1. The van der Waals surface area contributed by atoms with Crippen molar-refractivity contribution in [3.05, 3.63) is 57.5 Å². The molecule has 20 heavy (non-hydrogen) atoms. The maximum atomic E-state index is 11.3. The van der Waals surface area contributed by atoms with E-state index in [0.717, 1.165) is 11.1 Å². The van der Waals surface area contributed by atoms with Gasteiger partial charge in [0.15, 0.2) is 0 Å². The van der Waals surface area contributed by atoms with E-state index in [1.165, 1.54) is 0 Å². The quantitative estimate of drug-likeness (QED) is 0.656. The Hall–Kier alpha value is -2.76. The second-order valence-corrected chi connectivity index (χ2v) is 4.26. The lowest BCUT2D eigenvalue weighted by molar-refractivity contribution is 0.897. The van der Waals surface area contributed by atoms with E-state index in [1.54, 1.807) is 13.1 Å².